The van der Waals surface area contributed by atoms with E-state index in [1.54, 1.807) is 0 Å². The average Bonchev–Trinajstić information content (AvgIpc) is 2.85. The second kappa shape index (κ2) is 6.73. The number of aliphatic hydroxyl groups excluding tert-OH is 1. The van der Waals surface area contributed by atoms with Gasteiger partial charge in [0.15, 0.2) is 0 Å². The normalized spacial score (nSPS) is 22.1. The number of hydrogen-bond acceptors (Lipinski definition) is 3. The Hall–Kier alpha value is -1.32. The molecule has 1 aromatic carbocycles. The minimum absolute atomic E-state index is 0.211. The molecular weight excluding hydrogens is 238 g/mol. The molecule has 0 unspecified atom stereocenters. The van der Waals surface area contributed by atoms with Crippen LogP contribution in [0.3, 0.4) is 0 Å². The minimum Gasteiger partial charge on any atom is -0.491 e. The van der Waals surface area contributed by atoms with E-state index in [4.69, 9.17) is 9.84 Å². The SMILES string of the molecule is CC(C)Oc1ccc(CN[C@@H]2C=C[C@H](CO)C2)cc1. The van der Waals surface area contributed by atoms with Gasteiger partial charge in [0.25, 0.3) is 0 Å². The van der Waals surface area contributed by atoms with Crippen LogP contribution in [-0.4, -0.2) is 23.9 Å². The molecule has 3 heteroatoms. The van der Waals surface area contributed by atoms with E-state index < -0.39 is 0 Å². The molecule has 0 radical (unpaired) electrons. The van der Waals surface area contributed by atoms with Crippen LogP contribution in [0.2, 0.25) is 0 Å². The van der Waals surface area contributed by atoms with Crippen molar-refractivity contribution in [2.24, 2.45) is 5.92 Å². The van der Waals surface area contributed by atoms with Crippen molar-refractivity contribution in [1.29, 1.82) is 0 Å². The Morgan fingerprint density at radius 2 is 2.00 bits per heavy atom. The number of benzene rings is 1. The van der Waals surface area contributed by atoms with Crippen LogP contribution in [0.5, 0.6) is 5.75 Å². The molecule has 0 aliphatic heterocycles. The molecule has 0 fully saturated rings. The maximum Gasteiger partial charge on any atom is 0.119 e. The summed E-state index contributed by atoms with van der Waals surface area (Å²) in [7, 11) is 0. The third-order valence-electron chi connectivity index (χ3n) is 3.27. The van der Waals surface area contributed by atoms with Gasteiger partial charge in [0.2, 0.25) is 0 Å². The highest BCUT2D eigenvalue weighted by molar-refractivity contribution is 5.27. The monoisotopic (exact) mass is 261 g/mol. The van der Waals surface area contributed by atoms with Crippen LogP contribution in [0.4, 0.5) is 0 Å². The third-order valence-corrected chi connectivity index (χ3v) is 3.27. The summed E-state index contributed by atoms with van der Waals surface area (Å²) in [5, 5.41) is 12.6. The van der Waals surface area contributed by atoms with E-state index in [0.717, 1.165) is 18.7 Å². The molecule has 2 rings (SSSR count). The maximum absolute atomic E-state index is 9.08. The zero-order chi connectivity index (χ0) is 13.7. The molecular formula is C16H23NO2. The van der Waals surface area contributed by atoms with Crippen molar-refractivity contribution in [3.05, 3.63) is 42.0 Å². The van der Waals surface area contributed by atoms with Gasteiger partial charge in [-0.05, 0) is 38.0 Å². The lowest BCUT2D eigenvalue weighted by molar-refractivity contribution is 0.242. The van der Waals surface area contributed by atoms with E-state index >= 15 is 0 Å². The van der Waals surface area contributed by atoms with Crippen LogP contribution in [0.15, 0.2) is 36.4 Å². The zero-order valence-corrected chi connectivity index (χ0v) is 11.7. The van der Waals surface area contributed by atoms with Gasteiger partial charge in [0.1, 0.15) is 5.75 Å². The first-order valence-corrected chi connectivity index (χ1v) is 6.95. The van der Waals surface area contributed by atoms with Crippen LogP contribution in [0.1, 0.15) is 25.8 Å². The first-order chi connectivity index (χ1) is 9.17. The first-order valence-electron chi connectivity index (χ1n) is 6.95. The molecule has 2 atom stereocenters. The van der Waals surface area contributed by atoms with Gasteiger partial charge in [-0.15, -0.1) is 0 Å². The molecule has 0 amide bonds. The zero-order valence-electron chi connectivity index (χ0n) is 11.7. The van der Waals surface area contributed by atoms with Crippen molar-refractivity contribution in [3.8, 4) is 5.75 Å². The van der Waals surface area contributed by atoms with Gasteiger partial charge >= 0.3 is 0 Å². The summed E-state index contributed by atoms with van der Waals surface area (Å²) in [5.74, 6) is 1.24. The molecule has 3 nitrogen and oxygen atoms in total. The van der Waals surface area contributed by atoms with E-state index in [1.807, 2.05) is 26.0 Å². The van der Waals surface area contributed by atoms with E-state index in [2.05, 4.69) is 29.6 Å². The Morgan fingerprint density at radius 3 is 2.58 bits per heavy atom. The molecule has 0 aromatic heterocycles. The second-order valence-corrected chi connectivity index (χ2v) is 5.36. The number of ether oxygens (including phenoxy) is 1. The molecule has 19 heavy (non-hydrogen) atoms. The predicted molar refractivity (Wildman–Crippen MR) is 77.2 cm³/mol. The standard InChI is InChI=1S/C16H23NO2/c1-12(2)19-16-7-4-13(5-8-16)10-17-15-6-3-14(9-15)11-18/h3-8,12,14-15,17-18H,9-11H2,1-2H3/t14-,15+/m0/s1. The maximum atomic E-state index is 9.08. The average molecular weight is 261 g/mol. The fourth-order valence-electron chi connectivity index (χ4n) is 2.27. The smallest absolute Gasteiger partial charge is 0.119 e. The van der Waals surface area contributed by atoms with Crippen LogP contribution in [-0.2, 0) is 6.54 Å². The first kappa shape index (κ1) is 14.1. The van der Waals surface area contributed by atoms with Crippen molar-refractivity contribution in [2.75, 3.05) is 6.61 Å². The van der Waals surface area contributed by atoms with Crippen LogP contribution >= 0.6 is 0 Å². The Balaban J connectivity index is 1.79. The van der Waals surface area contributed by atoms with Gasteiger partial charge in [-0.1, -0.05) is 24.3 Å². The van der Waals surface area contributed by atoms with Crippen molar-refractivity contribution in [2.45, 2.75) is 39.0 Å². The summed E-state index contributed by atoms with van der Waals surface area (Å²) in [6, 6.07) is 8.58. The summed E-state index contributed by atoms with van der Waals surface area (Å²) >= 11 is 0. The molecule has 0 spiro atoms. The number of nitrogens with one attached hydrogen (secondary N) is 1. The topological polar surface area (TPSA) is 41.5 Å². The van der Waals surface area contributed by atoms with Gasteiger partial charge in [-0.3, -0.25) is 0 Å². The highest BCUT2D eigenvalue weighted by Gasteiger charge is 2.17. The van der Waals surface area contributed by atoms with Crippen LogP contribution < -0.4 is 10.1 Å². The molecule has 2 N–H and O–H groups in total. The third kappa shape index (κ3) is 4.37. The lowest BCUT2D eigenvalue weighted by atomic mass is 10.1. The van der Waals surface area contributed by atoms with Gasteiger partial charge in [0.05, 0.1) is 6.10 Å². The fourth-order valence-corrected chi connectivity index (χ4v) is 2.27. The molecule has 0 saturated heterocycles. The molecule has 104 valence electrons. The van der Waals surface area contributed by atoms with Crippen molar-refractivity contribution in [3.63, 3.8) is 0 Å². The largest absolute Gasteiger partial charge is 0.491 e. The van der Waals surface area contributed by atoms with Crippen molar-refractivity contribution < 1.29 is 9.84 Å². The summed E-state index contributed by atoms with van der Waals surface area (Å²) in [6.07, 6.45) is 5.45. The van der Waals surface area contributed by atoms with Gasteiger partial charge < -0.3 is 15.2 Å². The predicted octanol–water partition coefficient (Wildman–Crippen LogP) is 2.50. The van der Waals surface area contributed by atoms with E-state index in [-0.39, 0.29) is 12.7 Å². The van der Waals surface area contributed by atoms with Gasteiger partial charge in [-0.25, -0.2) is 0 Å². The Kier molecular flexibility index (Phi) is 5.00. The van der Waals surface area contributed by atoms with Crippen molar-refractivity contribution >= 4 is 0 Å². The van der Waals surface area contributed by atoms with E-state index in [9.17, 15) is 0 Å². The molecule has 0 heterocycles. The molecule has 1 aromatic rings. The van der Waals surface area contributed by atoms with E-state index in [0.29, 0.717) is 12.0 Å². The second-order valence-electron chi connectivity index (χ2n) is 5.36. The Bertz CT molecular complexity index is 411. The number of aliphatic hydroxyl groups is 1. The summed E-state index contributed by atoms with van der Waals surface area (Å²) < 4.78 is 5.62. The highest BCUT2D eigenvalue weighted by Crippen LogP contribution is 2.18. The van der Waals surface area contributed by atoms with Gasteiger partial charge in [-0.2, -0.15) is 0 Å². The Morgan fingerprint density at radius 1 is 1.26 bits per heavy atom. The highest BCUT2D eigenvalue weighted by atomic mass is 16.5. The molecule has 1 aliphatic carbocycles. The number of hydrogen-bond donors (Lipinski definition) is 2. The number of rotatable bonds is 6. The van der Waals surface area contributed by atoms with Crippen LogP contribution in [0, 0.1) is 5.92 Å². The quantitative estimate of drug-likeness (QED) is 0.773. The minimum atomic E-state index is 0.211. The fraction of sp³-hybridized carbons (Fsp3) is 0.500. The lowest BCUT2D eigenvalue weighted by Crippen LogP contribution is -2.26. The van der Waals surface area contributed by atoms with Crippen molar-refractivity contribution in [1.82, 2.24) is 5.32 Å². The molecule has 1 aliphatic rings. The molecule has 0 bridgehead atoms. The van der Waals surface area contributed by atoms with Crippen LogP contribution in [0.25, 0.3) is 0 Å². The summed E-state index contributed by atoms with van der Waals surface area (Å²) in [6.45, 7) is 5.14. The lowest BCUT2D eigenvalue weighted by Gasteiger charge is -2.13. The molecule has 0 saturated carbocycles. The summed E-state index contributed by atoms with van der Waals surface area (Å²) in [4.78, 5) is 0. The summed E-state index contributed by atoms with van der Waals surface area (Å²) in [5.41, 5.74) is 1.25. The Labute approximate surface area is 115 Å². The van der Waals surface area contributed by atoms with E-state index in [1.165, 1.54) is 5.56 Å². The van der Waals surface area contributed by atoms with Gasteiger partial charge in [0, 0.05) is 25.1 Å².